The molecule has 0 aromatic heterocycles. The van der Waals surface area contributed by atoms with Gasteiger partial charge in [0.2, 0.25) is 5.91 Å². The third-order valence-electron chi connectivity index (χ3n) is 4.18. The Morgan fingerprint density at radius 3 is 2.42 bits per heavy atom. The first kappa shape index (κ1) is 18.2. The molecule has 2 aromatic rings. The fourth-order valence-corrected chi connectivity index (χ4v) is 3.02. The summed E-state index contributed by atoms with van der Waals surface area (Å²) in [5.41, 5.74) is 1.72. The Kier molecular flexibility index (Phi) is 5.73. The second kappa shape index (κ2) is 8.19. The van der Waals surface area contributed by atoms with Crippen molar-refractivity contribution in [2.24, 2.45) is 0 Å². The van der Waals surface area contributed by atoms with Crippen LogP contribution in [-0.4, -0.2) is 36.3 Å². The van der Waals surface area contributed by atoms with Gasteiger partial charge in [-0.15, -0.1) is 0 Å². The predicted molar refractivity (Wildman–Crippen MR) is 100 cm³/mol. The summed E-state index contributed by atoms with van der Waals surface area (Å²) in [6, 6.07) is 10.8. The molecule has 7 heteroatoms. The summed E-state index contributed by atoms with van der Waals surface area (Å²) < 4.78 is 13.0. The lowest BCUT2D eigenvalue weighted by molar-refractivity contribution is -0.114. The van der Waals surface area contributed by atoms with E-state index in [9.17, 15) is 14.0 Å². The molecule has 0 spiro atoms. The van der Waals surface area contributed by atoms with E-state index in [2.05, 4.69) is 10.6 Å². The van der Waals surface area contributed by atoms with Gasteiger partial charge in [0.15, 0.2) is 0 Å². The van der Waals surface area contributed by atoms with Crippen molar-refractivity contribution >= 4 is 34.8 Å². The maximum absolute atomic E-state index is 13.0. The van der Waals surface area contributed by atoms with Crippen molar-refractivity contribution in [3.8, 4) is 0 Å². The normalized spacial score (nSPS) is 13.5. The quantitative estimate of drug-likeness (QED) is 0.836. The molecule has 0 unspecified atom stereocenters. The maximum atomic E-state index is 13.0. The number of halogens is 2. The second-order valence-electron chi connectivity index (χ2n) is 6.10. The highest BCUT2D eigenvalue weighted by Crippen LogP contribution is 2.22. The number of carbonyl (C=O) groups excluding carboxylic acids is 2. The topological polar surface area (TPSA) is 61.4 Å². The fraction of sp³-hybridized carbons (Fsp3) is 0.263. The average Bonchev–Trinajstić information content (AvgIpc) is 3.17. The van der Waals surface area contributed by atoms with E-state index in [0.29, 0.717) is 11.3 Å². The first-order chi connectivity index (χ1) is 12.5. The molecule has 1 aliphatic heterocycles. The number of likely N-dealkylation sites (tertiary alicyclic amines) is 1. The van der Waals surface area contributed by atoms with E-state index in [1.165, 1.54) is 12.1 Å². The lowest BCUT2D eigenvalue weighted by Gasteiger charge is -2.15. The molecule has 1 heterocycles. The van der Waals surface area contributed by atoms with Crippen LogP contribution in [0.2, 0.25) is 5.02 Å². The summed E-state index contributed by atoms with van der Waals surface area (Å²) in [5.74, 6) is -0.733. The molecule has 0 aliphatic carbocycles. The molecule has 3 rings (SSSR count). The van der Waals surface area contributed by atoms with E-state index in [1.54, 1.807) is 24.3 Å². The van der Waals surface area contributed by atoms with Crippen LogP contribution in [-0.2, 0) is 4.79 Å². The second-order valence-corrected chi connectivity index (χ2v) is 6.51. The standard InChI is InChI=1S/C19H19ClFN3O2/c20-16-11-14(21)5-8-17(16)23-18(25)12-22-15-6-3-13(4-7-15)19(26)24-9-1-2-10-24/h3-8,11,22H,1-2,9-10,12H2,(H,23,25). The van der Waals surface area contributed by atoms with Gasteiger partial charge in [0.25, 0.3) is 5.91 Å². The van der Waals surface area contributed by atoms with Gasteiger partial charge < -0.3 is 15.5 Å². The van der Waals surface area contributed by atoms with Crippen molar-refractivity contribution in [1.29, 1.82) is 0 Å². The third kappa shape index (κ3) is 4.52. The molecule has 1 saturated heterocycles. The predicted octanol–water partition coefficient (Wildman–Crippen LogP) is 3.77. The van der Waals surface area contributed by atoms with Gasteiger partial charge in [0.1, 0.15) is 5.82 Å². The molecule has 0 atom stereocenters. The molecule has 2 aromatic carbocycles. The maximum Gasteiger partial charge on any atom is 0.253 e. The van der Waals surface area contributed by atoms with Crippen LogP contribution >= 0.6 is 11.6 Å². The highest BCUT2D eigenvalue weighted by Gasteiger charge is 2.19. The van der Waals surface area contributed by atoms with Crippen molar-refractivity contribution in [3.05, 3.63) is 58.9 Å². The van der Waals surface area contributed by atoms with E-state index in [1.807, 2.05) is 4.90 Å². The Morgan fingerprint density at radius 2 is 1.77 bits per heavy atom. The van der Waals surface area contributed by atoms with Crippen LogP contribution in [0.25, 0.3) is 0 Å². The van der Waals surface area contributed by atoms with Crippen molar-refractivity contribution < 1.29 is 14.0 Å². The lowest BCUT2D eigenvalue weighted by Crippen LogP contribution is -2.27. The van der Waals surface area contributed by atoms with Crippen LogP contribution < -0.4 is 10.6 Å². The number of anilines is 2. The number of carbonyl (C=O) groups is 2. The zero-order valence-electron chi connectivity index (χ0n) is 14.1. The lowest BCUT2D eigenvalue weighted by atomic mass is 10.2. The molecule has 26 heavy (non-hydrogen) atoms. The molecular weight excluding hydrogens is 357 g/mol. The molecule has 1 fully saturated rings. The van der Waals surface area contributed by atoms with Gasteiger partial charge in [-0.3, -0.25) is 9.59 Å². The number of rotatable bonds is 5. The van der Waals surface area contributed by atoms with Crippen molar-refractivity contribution in [1.82, 2.24) is 4.90 Å². The SMILES string of the molecule is O=C(CNc1ccc(C(=O)N2CCCC2)cc1)Nc1ccc(F)cc1Cl. The van der Waals surface area contributed by atoms with Gasteiger partial charge in [0, 0.05) is 24.3 Å². The zero-order chi connectivity index (χ0) is 18.5. The summed E-state index contributed by atoms with van der Waals surface area (Å²) in [6.07, 6.45) is 2.11. The number of hydrogen-bond donors (Lipinski definition) is 2. The van der Waals surface area contributed by atoms with Crippen LogP contribution in [0.3, 0.4) is 0 Å². The first-order valence-electron chi connectivity index (χ1n) is 8.41. The Labute approximate surface area is 156 Å². The molecule has 5 nitrogen and oxygen atoms in total. The van der Waals surface area contributed by atoms with Crippen molar-refractivity contribution in [3.63, 3.8) is 0 Å². The average molecular weight is 376 g/mol. The van der Waals surface area contributed by atoms with Gasteiger partial charge in [-0.1, -0.05) is 11.6 Å². The van der Waals surface area contributed by atoms with Gasteiger partial charge in [-0.05, 0) is 55.3 Å². The van der Waals surface area contributed by atoms with Crippen molar-refractivity contribution in [2.75, 3.05) is 30.3 Å². The Bertz CT molecular complexity index is 805. The molecule has 0 saturated carbocycles. The van der Waals surface area contributed by atoms with E-state index >= 15 is 0 Å². The summed E-state index contributed by atoms with van der Waals surface area (Å²) >= 11 is 5.88. The molecule has 1 aliphatic rings. The molecule has 2 N–H and O–H groups in total. The van der Waals surface area contributed by atoms with Crippen LogP contribution in [0.5, 0.6) is 0 Å². The third-order valence-corrected chi connectivity index (χ3v) is 4.50. The number of benzene rings is 2. The minimum absolute atomic E-state index is 0.0210. The highest BCUT2D eigenvalue weighted by molar-refractivity contribution is 6.33. The molecule has 2 amide bonds. The van der Waals surface area contributed by atoms with Crippen LogP contribution in [0.15, 0.2) is 42.5 Å². The van der Waals surface area contributed by atoms with Crippen LogP contribution in [0.4, 0.5) is 15.8 Å². The minimum Gasteiger partial charge on any atom is -0.376 e. The number of amides is 2. The molecular formula is C19H19ClFN3O2. The van der Waals surface area contributed by atoms with Gasteiger partial charge in [0.05, 0.1) is 17.3 Å². The highest BCUT2D eigenvalue weighted by atomic mass is 35.5. The summed E-state index contributed by atoms with van der Waals surface area (Å²) in [6.45, 7) is 1.64. The van der Waals surface area contributed by atoms with Gasteiger partial charge in [-0.2, -0.15) is 0 Å². The number of nitrogens with zero attached hydrogens (tertiary/aromatic N) is 1. The molecule has 136 valence electrons. The van der Waals surface area contributed by atoms with E-state index in [-0.39, 0.29) is 23.4 Å². The van der Waals surface area contributed by atoms with Crippen LogP contribution in [0.1, 0.15) is 23.2 Å². The van der Waals surface area contributed by atoms with Crippen LogP contribution in [0, 0.1) is 5.82 Å². The molecule has 0 radical (unpaired) electrons. The Balaban J connectivity index is 1.52. The smallest absolute Gasteiger partial charge is 0.253 e. The summed E-state index contributed by atoms with van der Waals surface area (Å²) in [4.78, 5) is 26.1. The van der Waals surface area contributed by atoms with E-state index in [4.69, 9.17) is 11.6 Å². The summed E-state index contributed by atoms with van der Waals surface area (Å²) in [7, 11) is 0. The van der Waals surface area contributed by atoms with E-state index in [0.717, 1.165) is 37.7 Å². The monoisotopic (exact) mass is 375 g/mol. The Hall–Kier alpha value is -2.60. The minimum atomic E-state index is -0.463. The van der Waals surface area contributed by atoms with E-state index < -0.39 is 5.82 Å². The first-order valence-corrected chi connectivity index (χ1v) is 8.79. The Morgan fingerprint density at radius 1 is 1.08 bits per heavy atom. The number of hydrogen-bond acceptors (Lipinski definition) is 3. The molecule has 0 bridgehead atoms. The summed E-state index contributed by atoms with van der Waals surface area (Å²) in [5, 5.41) is 5.73. The largest absolute Gasteiger partial charge is 0.376 e. The zero-order valence-corrected chi connectivity index (χ0v) is 14.9. The van der Waals surface area contributed by atoms with Gasteiger partial charge in [-0.25, -0.2) is 4.39 Å². The fourth-order valence-electron chi connectivity index (χ4n) is 2.80. The number of nitrogens with one attached hydrogen (secondary N) is 2. The van der Waals surface area contributed by atoms with Gasteiger partial charge >= 0.3 is 0 Å². The van der Waals surface area contributed by atoms with Crippen molar-refractivity contribution in [2.45, 2.75) is 12.8 Å².